The molecular formula is C16H20N2O. The van der Waals surface area contributed by atoms with Crippen LogP contribution in [0.15, 0.2) is 49.2 Å². The van der Waals surface area contributed by atoms with Crippen LogP contribution in [0.5, 0.6) is 0 Å². The number of fused-ring (bicyclic) bond motifs is 1. The van der Waals surface area contributed by atoms with E-state index in [0.29, 0.717) is 0 Å². The standard InChI is InChI=1S/C16H20N2O/c1-2-3-11-19-12-10-17-13-14-8-9-18-16-7-5-4-6-15(14)16/h2,4-9,17H,1,3,10-13H2. The second kappa shape index (κ2) is 7.67. The number of nitrogens with zero attached hydrogens (tertiary/aromatic N) is 1. The summed E-state index contributed by atoms with van der Waals surface area (Å²) >= 11 is 0. The van der Waals surface area contributed by atoms with Crippen molar-refractivity contribution in [2.75, 3.05) is 19.8 Å². The lowest BCUT2D eigenvalue weighted by Gasteiger charge is -2.08. The van der Waals surface area contributed by atoms with Gasteiger partial charge in [-0.25, -0.2) is 0 Å². The molecule has 1 aromatic heterocycles. The van der Waals surface area contributed by atoms with Crippen LogP contribution in [-0.4, -0.2) is 24.7 Å². The second-order valence-corrected chi connectivity index (χ2v) is 4.35. The van der Waals surface area contributed by atoms with Crippen molar-refractivity contribution in [1.29, 1.82) is 0 Å². The third-order valence-electron chi connectivity index (χ3n) is 2.94. The monoisotopic (exact) mass is 256 g/mol. The zero-order chi connectivity index (χ0) is 13.3. The van der Waals surface area contributed by atoms with Gasteiger partial charge >= 0.3 is 0 Å². The zero-order valence-corrected chi connectivity index (χ0v) is 11.1. The Balaban J connectivity index is 1.80. The molecule has 0 aliphatic rings. The quantitative estimate of drug-likeness (QED) is 0.582. The Morgan fingerprint density at radius 1 is 1.21 bits per heavy atom. The number of para-hydroxylation sites is 1. The molecule has 0 atom stereocenters. The van der Waals surface area contributed by atoms with E-state index in [1.807, 2.05) is 30.5 Å². The average molecular weight is 256 g/mol. The molecule has 3 heteroatoms. The third kappa shape index (κ3) is 4.16. The van der Waals surface area contributed by atoms with Crippen LogP contribution in [0.4, 0.5) is 0 Å². The van der Waals surface area contributed by atoms with Gasteiger partial charge in [0.25, 0.3) is 0 Å². The van der Waals surface area contributed by atoms with E-state index < -0.39 is 0 Å². The minimum Gasteiger partial charge on any atom is -0.380 e. The molecule has 0 saturated carbocycles. The summed E-state index contributed by atoms with van der Waals surface area (Å²) in [6.45, 7) is 6.84. The van der Waals surface area contributed by atoms with Crippen LogP contribution in [0.1, 0.15) is 12.0 Å². The molecule has 0 unspecified atom stereocenters. The van der Waals surface area contributed by atoms with Gasteiger partial charge in [0.15, 0.2) is 0 Å². The maximum absolute atomic E-state index is 5.45. The number of rotatable bonds is 8. The fraction of sp³-hybridized carbons (Fsp3) is 0.312. The summed E-state index contributed by atoms with van der Waals surface area (Å²) in [4.78, 5) is 4.36. The number of benzene rings is 1. The van der Waals surface area contributed by atoms with Crippen molar-refractivity contribution in [2.45, 2.75) is 13.0 Å². The Morgan fingerprint density at radius 2 is 2.11 bits per heavy atom. The molecule has 1 N–H and O–H groups in total. The van der Waals surface area contributed by atoms with Crippen LogP contribution in [0.25, 0.3) is 10.9 Å². The van der Waals surface area contributed by atoms with Gasteiger partial charge in [-0.3, -0.25) is 4.98 Å². The van der Waals surface area contributed by atoms with Crippen molar-refractivity contribution in [2.24, 2.45) is 0 Å². The summed E-state index contributed by atoms with van der Waals surface area (Å²) < 4.78 is 5.45. The van der Waals surface area contributed by atoms with Crippen molar-refractivity contribution >= 4 is 10.9 Å². The number of pyridine rings is 1. The largest absolute Gasteiger partial charge is 0.380 e. The van der Waals surface area contributed by atoms with E-state index in [2.05, 4.69) is 29.0 Å². The molecule has 0 spiro atoms. The van der Waals surface area contributed by atoms with Gasteiger partial charge in [0, 0.05) is 24.7 Å². The lowest BCUT2D eigenvalue weighted by Crippen LogP contribution is -2.19. The molecule has 19 heavy (non-hydrogen) atoms. The predicted molar refractivity (Wildman–Crippen MR) is 79.1 cm³/mol. The Hall–Kier alpha value is -1.71. The molecule has 0 aliphatic carbocycles. The molecule has 0 fully saturated rings. The normalized spacial score (nSPS) is 10.7. The van der Waals surface area contributed by atoms with Gasteiger partial charge in [-0.05, 0) is 24.1 Å². The highest BCUT2D eigenvalue weighted by molar-refractivity contribution is 5.81. The lowest BCUT2D eigenvalue weighted by molar-refractivity contribution is 0.140. The minimum atomic E-state index is 0.733. The van der Waals surface area contributed by atoms with Crippen LogP contribution in [0, 0.1) is 0 Å². The molecule has 0 saturated heterocycles. The van der Waals surface area contributed by atoms with E-state index in [4.69, 9.17) is 4.74 Å². The highest BCUT2D eigenvalue weighted by atomic mass is 16.5. The first-order chi connectivity index (χ1) is 9.42. The lowest BCUT2D eigenvalue weighted by atomic mass is 10.1. The molecule has 0 radical (unpaired) electrons. The van der Waals surface area contributed by atoms with E-state index >= 15 is 0 Å². The Morgan fingerprint density at radius 3 is 3.00 bits per heavy atom. The number of nitrogens with one attached hydrogen (secondary N) is 1. The highest BCUT2D eigenvalue weighted by Gasteiger charge is 2.00. The minimum absolute atomic E-state index is 0.733. The fourth-order valence-electron chi connectivity index (χ4n) is 1.95. The topological polar surface area (TPSA) is 34.1 Å². The van der Waals surface area contributed by atoms with Crippen molar-refractivity contribution in [3.63, 3.8) is 0 Å². The van der Waals surface area contributed by atoms with E-state index in [1.165, 1.54) is 10.9 Å². The van der Waals surface area contributed by atoms with E-state index in [1.54, 1.807) is 0 Å². The summed E-state index contributed by atoms with van der Waals surface area (Å²) in [5.74, 6) is 0. The molecule has 2 aromatic rings. The zero-order valence-electron chi connectivity index (χ0n) is 11.1. The van der Waals surface area contributed by atoms with Crippen molar-refractivity contribution < 1.29 is 4.74 Å². The van der Waals surface area contributed by atoms with E-state index in [-0.39, 0.29) is 0 Å². The van der Waals surface area contributed by atoms with E-state index in [0.717, 1.165) is 38.2 Å². The van der Waals surface area contributed by atoms with Crippen LogP contribution in [0.2, 0.25) is 0 Å². The molecular weight excluding hydrogens is 236 g/mol. The van der Waals surface area contributed by atoms with Gasteiger partial charge in [-0.1, -0.05) is 24.3 Å². The Labute approximate surface area is 114 Å². The fourth-order valence-corrected chi connectivity index (χ4v) is 1.95. The molecule has 1 aromatic carbocycles. The summed E-state index contributed by atoms with van der Waals surface area (Å²) in [6, 6.07) is 10.3. The average Bonchev–Trinajstić information content (AvgIpc) is 2.46. The van der Waals surface area contributed by atoms with Crippen molar-refractivity contribution in [3.8, 4) is 0 Å². The van der Waals surface area contributed by atoms with Gasteiger partial charge in [-0.2, -0.15) is 0 Å². The second-order valence-electron chi connectivity index (χ2n) is 4.35. The SMILES string of the molecule is C=CCCOCCNCc1ccnc2ccccc12. The summed E-state index contributed by atoms with van der Waals surface area (Å²) in [5.41, 5.74) is 2.32. The summed E-state index contributed by atoms with van der Waals surface area (Å²) in [7, 11) is 0. The first-order valence-corrected chi connectivity index (χ1v) is 6.64. The summed E-state index contributed by atoms with van der Waals surface area (Å²) in [5, 5.41) is 4.61. The number of hydrogen-bond donors (Lipinski definition) is 1. The number of aromatic nitrogens is 1. The van der Waals surface area contributed by atoms with Crippen molar-refractivity contribution in [3.05, 3.63) is 54.7 Å². The molecule has 2 rings (SSSR count). The first kappa shape index (κ1) is 13.7. The van der Waals surface area contributed by atoms with Gasteiger partial charge in [-0.15, -0.1) is 6.58 Å². The van der Waals surface area contributed by atoms with Crippen LogP contribution < -0.4 is 5.32 Å². The molecule has 0 amide bonds. The van der Waals surface area contributed by atoms with E-state index in [9.17, 15) is 0 Å². The van der Waals surface area contributed by atoms with Crippen molar-refractivity contribution in [1.82, 2.24) is 10.3 Å². The van der Waals surface area contributed by atoms with Gasteiger partial charge < -0.3 is 10.1 Å². The smallest absolute Gasteiger partial charge is 0.0705 e. The number of hydrogen-bond acceptors (Lipinski definition) is 3. The van der Waals surface area contributed by atoms with Crippen LogP contribution in [-0.2, 0) is 11.3 Å². The molecule has 3 nitrogen and oxygen atoms in total. The molecule has 0 bridgehead atoms. The Bertz CT molecular complexity index is 520. The van der Waals surface area contributed by atoms with Crippen LogP contribution >= 0.6 is 0 Å². The summed E-state index contributed by atoms with van der Waals surface area (Å²) in [6.07, 6.45) is 4.64. The van der Waals surface area contributed by atoms with Gasteiger partial charge in [0.05, 0.1) is 18.7 Å². The van der Waals surface area contributed by atoms with Crippen LogP contribution in [0.3, 0.4) is 0 Å². The van der Waals surface area contributed by atoms with Gasteiger partial charge in [0.2, 0.25) is 0 Å². The highest BCUT2D eigenvalue weighted by Crippen LogP contribution is 2.15. The third-order valence-corrected chi connectivity index (χ3v) is 2.94. The first-order valence-electron chi connectivity index (χ1n) is 6.64. The Kier molecular flexibility index (Phi) is 5.53. The number of ether oxygens (including phenoxy) is 1. The molecule has 100 valence electrons. The van der Waals surface area contributed by atoms with Gasteiger partial charge in [0.1, 0.15) is 0 Å². The maximum Gasteiger partial charge on any atom is 0.0705 e. The molecule has 1 heterocycles. The maximum atomic E-state index is 5.45. The molecule has 0 aliphatic heterocycles. The predicted octanol–water partition coefficient (Wildman–Crippen LogP) is 2.92.